The van der Waals surface area contributed by atoms with E-state index in [0.717, 1.165) is 16.9 Å². The molecule has 0 heterocycles. The molecule has 4 nitrogen and oxygen atoms in total. The summed E-state index contributed by atoms with van der Waals surface area (Å²) in [5.41, 5.74) is 2.27. The van der Waals surface area contributed by atoms with E-state index < -0.39 is 11.8 Å². The van der Waals surface area contributed by atoms with Crippen molar-refractivity contribution < 1.29 is 13.9 Å². The molecule has 0 bridgehead atoms. The van der Waals surface area contributed by atoms with E-state index in [1.165, 1.54) is 12.1 Å². The van der Waals surface area contributed by atoms with Crippen molar-refractivity contribution >= 4 is 11.7 Å². The number of aryl methyl sites for hydroxylation is 1. The zero-order valence-electron chi connectivity index (χ0n) is 14.4. The molecule has 0 aliphatic heterocycles. The Bertz CT molecular complexity index is 724. The Labute approximate surface area is 142 Å². The minimum atomic E-state index is -0.524. The van der Waals surface area contributed by atoms with Crippen molar-refractivity contribution in [2.24, 2.45) is 0 Å². The highest BCUT2D eigenvalue weighted by molar-refractivity contribution is 5.89. The fraction of sp³-hybridized carbons (Fsp3) is 0.316. The smallest absolute Gasteiger partial charge is 0.321 e. The fourth-order valence-electron chi connectivity index (χ4n) is 2.26. The van der Waals surface area contributed by atoms with Crippen LogP contribution in [0.1, 0.15) is 31.9 Å². The Morgan fingerprint density at radius 1 is 1.17 bits per heavy atom. The molecule has 0 saturated heterocycles. The molecule has 24 heavy (non-hydrogen) atoms. The van der Waals surface area contributed by atoms with Gasteiger partial charge in [-0.05, 0) is 36.1 Å². The number of nitrogens with one attached hydrogen (secondary N) is 2. The predicted octanol–water partition coefficient (Wildman–Crippen LogP) is 4.59. The van der Waals surface area contributed by atoms with Crippen LogP contribution in [0.25, 0.3) is 0 Å². The summed E-state index contributed by atoms with van der Waals surface area (Å²) in [6, 6.07) is 11.4. The van der Waals surface area contributed by atoms with Gasteiger partial charge in [0, 0.05) is 0 Å². The number of urea groups is 1. The Balaban J connectivity index is 1.95. The number of carbonyl (C=O) groups excluding carboxylic acids is 1. The number of ether oxygens (including phenoxy) is 1. The fourth-order valence-corrected chi connectivity index (χ4v) is 2.26. The quantitative estimate of drug-likeness (QED) is 0.806. The average Bonchev–Trinajstić information content (AvgIpc) is 2.50. The highest BCUT2D eigenvalue weighted by Gasteiger charge is 2.19. The summed E-state index contributed by atoms with van der Waals surface area (Å²) >= 11 is 0. The van der Waals surface area contributed by atoms with E-state index in [0.29, 0.717) is 0 Å². The van der Waals surface area contributed by atoms with E-state index in [1.54, 1.807) is 12.1 Å². The third-order valence-electron chi connectivity index (χ3n) is 3.53. The van der Waals surface area contributed by atoms with Crippen molar-refractivity contribution in [3.63, 3.8) is 0 Å². The summed E-state index contributed by atoms with van der Waals surface area (Å²) in [4.78, 5) is 11.8. The number of carbonyl (C=O) groups is 1. The molecule has 0 radical (unpaired) electrons. The van der Waals surface area contributed by atoms with Crippen LogP contribution in [0.5, 0.6) is 5.75 Å². The van der Waals surface area contributed by atoms with Gasteiger partial charge in [0.05, 0.1) is 5.69 Å². The van der Waals surface area contributed by atoms with Gasteiger partial charge in [0.25, 0.3) is 0 Å². The summed E-state index contributed by atoms with van der Waals surface area (Å²) in [7, 11) is 0. The molecule has 5 heteroatoms. The maximum Gasteiger partial charge on any atom is 0.321 e. The van der Waals surface area contributed by atoms with Gasteiger partial charge in [-0.3, -0.25) is 0 Å². The summed E-state index contributed by atoms with van der Waals surface area (Å²) in [6.45, 7) is 8.33. The molecule has 0 atom stereocenters. The molecule has 0 saturated carbocycles. The summed E-state index contributed by atoms with van der Waals surface area (Å²) < 4.78 is 19.2. The lowest BCUT2D eigenvalue weighted by molar-refractivity contribution is 0.233. The average molecular weight is 330 g/mol. The second kappa shape index (κ2) is 7.34. The lowest BCUT2D eigenvalue weighted by atomic mass is 9.85. The lowest BCUT2D eigenvalue weighted by Gasteiger charge is -2.23. The molecule has 0 aromatic heterocycles. The first kappa shape index (κ1) is 17.8. The Morgan fingerprint density at radius 2 is 1.88 bits per heavy atom. The first-order valence-electron chi connectivity index (χ1n) is 7.80. The molecule has 2 amide bonds. The van der Waals surface area contributed by atoms with Gasteiger partial charge in [0.1, 0.15) is 11.6 Å². The van der Waals surface area contributed by atoms with Crippen LogP contribution in [0.15, 0.2) is 42.5 Å². The molecule has 128 valence electrons. The van der Waals surface area contributed by atoms with Gasteiger partial charge in [0.2, 0.25) is 0 Å². The van der Waals surface area contributed by atoms with Gasteiger partial charge in [-0.15, -0.1) is 0 Å². The minimum Gasteiger partial charge on any atom is -0.473 e. The molecule has 2 N–H and O–H groups in total. The maximum absolute atomic E-state index is 13.5. The predicted molar refractivity (Wildman–Crippen MR) is 93.9 cm³/mol. The first-order chi connectivity index (χ1) is 11.3. The Morgan fingerprint density at radius 3 is 2.54 bits per heavy atom. The number of para-hydroxylation sites is 1. The number of hydrogen-bond donors (Lipinski definition) is 2. The zero-order chi connectivity index (χ0) is 17.7. The van der Waals surface area contributed by atoms with E-state index in [4.69, 9.17) is 4.74 Å². The third-order valence-corrected chi connectivity index (χ3v) is 3.53. The van der Waals surface area contributed by atoms with Crippen molar-refractivity contribution in [2.45, 2.75) is 33.1 Å². The number of amides is 2. The largest absolute Gasteiger partial charge is 0.473 e. The van der Waals surface area contributed by atoms with Crippen molar-refractivity contribution in [1.29, 1.82) is 0 Å². The van der Waals surface area contributed by atoms with Crippen LogP contribution in [0.4, 0.5) is 14.9 Å². The number of halogens is 1. The van der Waals surface area contributed by atoms with Crippen molar-refractivity contribution in [3.8, 4) is 5.75 Å². The topological polar surface area (TPSA) is 50.4 Å². The van der Waals surface area contributed by atoms with Crippen LogP contribution in [-0.4, -0.2) is 12.8 Å². The molecule has 0 unspecified atom stereocenters. The van der Waals surface area contributed by atoms with E-state index in [1.807, 2.05) is 19.1 Å². The van der Waals surface area contributed by atoms with E-state index in [9.17, 15) is 9.18 Å². The van der Waals surface area contributed by atoms with Crippen LogP contribution >= 0.6 is 0 Å². The molecular weight excluding hydrogens is 307 g/mol. The van der Waals surface area contributed by atoms with Crippen LogP contribution in [0, 0.1) is 12.7 Å². The highest BCUT2D eigenvalue weighted by atomic mass is 19.1. The summed E-state index contributed by atoms with van der Waals surface area (Å²) in [5.74, 6) is 0.237. The molecule has 0 aliphatic rings. The van der Waals surface area contributed by atoms with Crippen molar-refractivity contribution in [2.75, 3.05) is 12.0 Å². The minimum absolute atomic E-state index is 0.00751. The van der Waals surface area contributed by atoms with Gasteiger partial charge in [-0.1, -0.05) is 50.6 Å². The van der Waals surface area contributed by atoms with E-state index in [2.05, 4.69) is 37.5 Å². The van der Waals surface area contributed by atoms with Crippen LogP contribution in [0.3, 0.4) is 0 Å². The molecule has 0 spiro atoms. The molecule has 2 rings (SSSR count). The monoisotopic (exact) mass is 330 g/mol. The molecule has 0 fully saturated rings. The van der Waals surface area contributed by atoms with Gasteiger partial charge < -0.3 is 15.4 Å². The number of anilines is 1. The molecular formula is C19H23FN2O2. The first-order valence-corrected chi connectivity index (χ1v) is 7.80. The number of benzene rings is 2. The highest BCUT2D eigenvalue weighted by Crippen LogP contribution is 2.31. The van der Waals surface area contributed by atoms with Gasteiger partial charge >= 0.3 is 6.03 Å². The van der Waals surface area contributed by atoms with Crippen LogP contribution in [0.2, 0.25) is 0 Å². The standard InChI is InChI=1S/C19H23FN2O2/c1-13-9-10-17(14(11-13)19(2,3)4)24-12-21-18(23)22-16-8-6-5-7-15(16)20/h5-11H,12H2,1-4H3,(H2,21,22,23). The number of hydrogen-bond acceptors (Lipinski definition) is 2. The second-order valence-corrected chi connectivity index (χ2v) is 6.65. The van der Waals surface area contributed by atoms with E-state index in [-0.39, 0.29) is 17.8 Å². The summed E-state index contributed by atoms with van der Waals surface area (Å²) in [6.07, 6.45) is 0. The molecule has 2 aromatic carbocycles. The van der Waals surface area contributed by atoms with Crippen molar-refractivity contribution in [3.05, 3.63) is 59.4 Å². The maximum atomic E-state index is 13.5. The molecule has 2 aromatic rings. The van der Waals surface area contributed by atoms with Gasteiger partial charge in [0.15, 0.2) is 6.73 Å². The van der Waals surface area contributed by atoms with Crippen LogP contribution < -0.4 is 15.4 Å². The van der Waals surface area contributed by atoms with Gasteiger partial charge in [-0.2, -0.15) is 0 Å². The normalized spacial score (nSPS) is 11.0. The molecule has 0 aliphatic carbocycles. The Hall–Kier alpha value is -2.56. The second-order valence-electron chi connectivity index (χ2n) is 6.65. The lowest BCUT2D eigenvalue weighted by Crippen LogP contribution is -2.32. The number of rotatable bonds is 4. The summed E-state index contributed by atoms with van der Waals surface area (Å²) in [5, 5.41) is 5.01. The van der Waals surface area contributed by atoms with Crippen molar-refractivity contribution in [1.82, 2.24) is 5.32 Å². The SMILES string of the molecule is Cc1ccc(OCNC(=O)Nc2ccccc2F)c(C(C)(C)C)c1. The zero-order valence-corrected chi connectivity index (χ0v) is 14.4. The third kappa shape index (κ3) is 4.72. The van der Waals surface area contributed by atoms with Gasteiger partial charge in [-0.25, -0.2) is 9.18 Å². The van der Waals surface area contributed by atoms with E-state index >= 15 is 0 Å². The Kier molecular flexibility index (Phi) is 5.44. The van der Waals surface area contributed by atoms with Crippen LogP contribution in [-0.2, 0) is 5.41 Å².